The molecule has 2 aromatic rings. The van der Waals surface area contributed by atoms with Crippen molar-refractivity contribution in [3.8, 4) is 0 Å². The molecule has 1 saturated heterocycles. The molecule has 27 heavy (non-hydrogen) atoms. The Balaban J connectivity index is 1.37. The van der Waals surface area contributed by atoms with Gasteiger partial charge in [-0.15, -0.1) is 0 Å². The molecule has 1 heterocycles. The first-order valence-electron chi connectivity index (χ1n) is 9.94. The predicted octanol–water partition coefficient (Wildman–Crippen LogP) is 4.22. The quantitative estimate of drug-likeness (QED) is 0.778. The maximum atomic E-state index is 12.4. The molecular formula is C22H28N2O2S. The van der Waals surface area contributed by atoms with Gasteiger partial charge in [-0.05, 0) is 60.9 Å². The second kappa shape index (κ2) is 8.03. The van der Waals surface area contributed by atoms with Crippen LogP contribution in [0.25, 0.3) is 0 Å². The lowest BCUT2D eigenvalue weighted by molar-refractivity contribution is 0.327. The van der Waals surface area contributed by atoms with E-state index < -0.39 is 10.0 Å². The number of benzene rings is 2. The van der Waals surface area contributed by atoms with E-state index in [1.807, 2.05) is 24.3 Å². The van der Waals surface area contributed by atoms with Crippen LogP contribution in [-0.2, 0) is 16.6 Å². The molecule has 2 aliphatic rings. The van der Waals surface area contributed by atoms with Crippen molar-refractivity contribution in [1.82, 2.24) is 4.90 Å². The number of likely N-dealkylation sites (tertiary alicyclic amines) is 1. The molecule has 2 aromatic carbocycles. The topological polar surface area (TPSA) is 49.4 Å². The zero-order chi connectivity index (χ0) is 18.7. The Labute approximate surface area is 162 Å². The van der Waals surface area contributed by atoms with Crippen LogP contribution < -0.4 is 4.72 Å². The molecule has 1 unspecified atom stereocenters. The van der Waals surface area contributed by atoms with Gasteiger partial charge < -0.3 is 0 Å². The van der Waals surface area contributed by atoms with E-state index in [-0.39, 0.29) is 5.75 Å². The van der Waals surface area contributed by atoms with E-state index in [9.17, 15) is 8.42 Å². The lowest BCUT2D eigenvalue weighted by Gasteiger charge is -2.25. The van der Waals surface area contributed by atoms with E-state index in [1.54, 1.807) is 0 Å². The normalized spacial score (nSPS) is 21.1. The maximum Gasteiger partial charge on any atom is 0.232 e. The highest BCUT2D eigenvalue weighted by Gasteiger charge is 2.26. The van der Waals surface area contributed by atoms with Crippen molar-refractivity contribution in [3.63, 3.8) is 0 Å². The second-order valence-corrected chi connectivity index (χ2v) is 9.78. The van der Waals surface area contributed by atoms with Crippen LogP contribution >= 0.6 is 0 Å². The molecule has 0 bridgehead atoms. The summed E-state index contributed by atoms with van der Waals surface area (Å²) in [5, 5.41) is 0. The highest BCUT2D eigenvalue weighted by atomic mass is 32.2. The Kier molecular flexibility index (Phi) is 5.50. The molecule has 4 nitrogen and oxygen atoms in total. The Morgan fingerprint density at radius 1 is 1.00 bits per heavy atom. The largest absolute Gasteiger partial charge is 0.298 e. The highest BCUT2D eigenvalue weighted by Crippen LogP contribution is 2.31. The minimum absolute atomic E-state index is 0.255. The molecule has 0 spiro atoms. The Morgan fingerprint density at radius 2 is 1.81 bits per heavy atom. The molecule has 0 aromatic heterocycles. The van der Waals surface area contributed by atoms with Crippen molar-refractivity contribution in [2.75, 3.05) is 23.6 Å². The molecule has 1 atom stereocenters. The SMILES string of the molecule is O=S(=O)(CC1CCC1)Nc1cccc(C2CCN(Cc3ccccc3)C2)c1. The summed E-state index contributed by atoms with van der Waals surface area (Å²) >= 11 is 0. The van der Waals surface area contributed by atoms with E-state index in [0.717, 1.165) is 45.3 Å². The van der Waals surface area contributed by atoms with Crippen LogP contribution in [0.3, 0.4) is 0 Å². The Morgan fingerprint density at radius 3 is 2.56 bits per heavy atom. The number of nitrogens with one attached hydrogen (secondary N) is 1. The average molecular weight is 385 g/mol. The van der Waals surface area contributed by atoms with Gasteiger partial charge in [0.1, 0.15) is 0 Å². The van der Waals surface area contributed by atoms with Gasteiger partial charge in [0.15, 0.2) is 0 Å². The molecule has 144 valence electrons. The van der Waals surface area contributed by atoms with Crippen molar-refractivity contribution in [3.05, 3.63) is 65.7 Å². The summed E-state index contributed by atoms with van der Waals surface area (Å²) in [6.45, 7) is 3.08. The van der Waals surface area contributed by atoms with Crippen LogP contribution in [0.5, 0.6) is 0 Å². The molecule has 1 N–H and O–H groups in total. The monoisotopic (exact) mass is 384 g/mol. The van der Waals surface area contributed by atoms with Gasteiger partial charge in [-0.3, -0.25) is 9.62 Å². The molecular weight excluding hydrogens is 356 g/mol. The molecule has 1 aliphatic heterocycles. The molecule has 0 amide bonds. The van der Waals surface area contributed by atoms with Gasteiger partial charge in [0.2, 0.25) is 10.0 Å². The summed E-state index contributed by atoms with van der Waals surface area (Å²) < 4.78 is 27.5. The number of hydrogen-bond acceptors (Lipinski definition) is 3. The third-order valence-corrected chi connectivity index (χ3v) is 7.29. The van der Waals surface area contributed by atoms with Crippen molar-refractivity contribution in [2.45, 2.75) is 38.1 Å². The second-order valence-electron chi connectivity index (χ2n) is 8.01. The minimum Gasteiger partial charge on any atom is -0.298 e. The summed E-state index contributed by atoms with van der Waals surface area (Å²) in [5.41, 5.74) is 3.28. The number of hydrogen-bond donors (Lipinski definition) is 1. The third kappa shape index (κ3) is 4.90. The lowest BCUT2D eigenvalue weighted by Crippen LogP contribution is -2.26. The predicted molar refractivity (Wildman–Crippen MR) is 110 cm³/mol. The van der Waals surface area contributed by atoms with Crippen LogP contribution in [-0.4, -0.2) is 32.2 Å². The zero-order valence-electron chi connectivity index (χ0n) is 15.7. The Hall–Kier alpha value is -1.85. The van der Waals surface area contributed by atoms with Gasteiger partial charge in [-0.2, -0.15) is 0 Å². The maximum absolute atomic E-state index is 12.4. The van der Waals surface area contributed by atoms with Crippen LogP contribution in [0.15, 0.2) is 54.6 Å². The van der Waals surface area contributed by atoms with E-state index in [4.69, 9.17) is 0 Å². The number of anilines is 1. The standard InChI is InChI=1S/C22H28N2O2S/c25-27(26,17-19-8-4-9-19)23-22-11-5-10-20(14-22)21-12-13-24(16-21)15-18-6-2-1-3-7-18/h1-3,5-7,10-11,14,19,21,23H,4,8-9,12-13,15-17H2. The van der Waals surface area contributed by atoms with Gasteiger partial charge in [0.25, 0.3) is 0 Å². The number of sulfonamides is 1. The number of nitrogens with zero attached hydrogens (tertiary/aromatic N) is 1. The van der Waals surface area contributed by atoms with Crippen LogP contribution in [0, 0.1) is 5.92 Å². The van der Waals surface area contributed by atoms with E-state index in [2.05, 4.69) is 40.0 Å². The third-order valence-electron chi connectivity index (χ3n) is 5.83. The first-order chi connectivity index (χ1) is 13.1. The van der Waals surface area contributed by atoms with Crippen LogP contribution in [0.1, 0.15) is 42.7 Å². The molecule has 4 rings (SSSR count). The summed E-state index contributed by atoms with van der Waals surface area (Å²) in [6, 6.07) is 18.5. The van der Waals surface area contributed by atoms with Crippen molar-refractivity contribution in [1.29, 1.82) is 0 Å². The van der Waals surface area contributed by atoms with Crippen molar-refractivity contribution < 1.29 is 8.42 Å². The lowest BCUT2D eigenvalue weighted by atomic mass is 9.87. The summed E-state index contributed by atoms with van der Waals surface area (Å²) in [7, 11) is -3.25. The minimum atomic E-state index is -3.25. The van der Waals surface area contributed by atoms with E-state index in [0.29, 0.717) is 17.5 Å². The molecule has 1 aliphatic carbocycles. The van der Waals surface area contributed by atoms with Crippen LogP contribution in [0.4, 0.5) is 5.69 Å². The van der Waals surface area contributed by atoms with E-state index in [1.165, 1.54) is 11.1 Å². The number of rotatable bonds is 7. The van der Waals surface area contributed by atoms with Crippen LogP contribution in [0.2, 0.25) is 0 Å². The summed E-state index contributed by atoms with van der Waals surface area (Å²) in [4.78, 5) is 2.48. The fourth-order valence-electron chi connectivity index (χ4n) is 4.14. The molecule has 1 saturated carbocycles. The van der Waals surface area contributed by atoms with Crippen molar-refractivity contribution in [2.24, 2.45) is 5.92 Å². The fraction of sp³-hybridized carbons (Fsp3) is 0.455. The van der Waals surface area contributed by atoms with Gasteiger partial charge >= 0.3 is 0 Å². The summed E-state index contributed by atoms with van der Waals surface area (Å²) in [5.74, 6) is 1.06. The van der Waals surface area contributed by atoms with E-state index >= 15 is 0 Å². The first-order valence-corrected chi connectivity index (χ1v) is 11.6. The zero-order valence-corrected chi connectivity index (χ0v) is 16.5. The Bertz CT molecular complexity index is 863. The van der Waals surface area contributed by atoms with Gasteiger partial charge in [-0.1, -0.05) is 48.9 Å². The smallest absolute Gasteiger partial charge is 0.232 e. The molecule has 2 fully saturated rings. The average Bonchev–Trinajstić information content (AvgIpc) is 3.08. The van der Waals surface area contributed by atoms with Gasteiger partial charge in [0, 0.05) is 18.8 Å². The fourth-order valence-corrected chi connectivity index (χ4v) is 5.66. The molecule has 0 radical (unpaired) electrons. The highest BCUT2D eigenvalue weighted by molar-refractivity contribution is 7.92. The van der Waals surface area contributed by atoms with Gasteiger partial charge in [0.05, 0.1) is 5.75 Å². The first kappa shape index (κ1) is 18.5. The van der Waals surface area contributed by atoms with Gasteiger partial charge in [-0.25, -0.2) is 8.42 Å². The molecule has 5 heteroatoms. The summed E-state index contributed by atoms with van der Waals surface area (Å²) in [6.07, 6.45) is 4.36. The van der Waals surface area contributed by atoms with Crippen molar-refractivity contribution >= 4 is 15.7 Å².